The number of aromatic amines is 1. The molecular formula is C17H29N5O3S. The van der Waals surface area contributed by atoms with E-state index in [2.05, 4.69) is 15.5 Å². The summed E-state index contributed by atoms with van der Waals surface area (Å²) in [5, 5.41) is 9.84. The zero-order chi connectivity index (χ0) is 18.9. The van der Waals surface area contributed by atoms with Crippen LogP contribution in [0.1, 0.15) is 43.5 Å². The molecule has 8 nitrogen and oxygen atoms in total. The van der Waals surface area contributed by atoms with Gasteiger partial charge >= 0.3 is 0 Å². The molecule has 2 aliphatic rings. The van der Waals surface area contributed by atoms with Crippen molar-refractivity contribution in [3.05, 3.63) is 11.4 Å². The molecule has 3 atom stereocenters. The third-order valence-electron chi connectivity index (χ3n) is 5.70. The summed E-state index contributed by atoms with van der Waals surface area (Å²) in [5.41, 5.74) is 6.79. The molecule has 146 valence electrons. The number of hydrogen-bond donors (Lipinski definition) is 3. The maximum atomic E-state index is 13.0. The summed E-state index contributed by atoms with van der Waals surface area (Å²) in [5.74, 6) is -0.0282. The van der Waals surface area contributed by atoms with Crippen LogP contribution in [-0.4, -0.2) is 54.5 Å². The van der Waals surface area contributed by atoms with Crippen LogP contribution in [0.5, 0.6) is 0 Å². The van der Waals surface area contributed by atoms with Gasteiger partial charge in [-0.05, 0) is 52.0 Å². The molecule has 1 saturated carbocycles. The molecule has 0 aromatic carbocycles. The minimum absolute atomic E-state index is 0.0455. The van der Waals surface area contributed by atoms with Crippen molar-refractivity contribution >= 4 is 15.9 Å². The molecule has 26 heavy (non-hydrogen) atoms. The quantitative estimate of drug-likeness (QED) is 0.690. The van der Waals surface area contributed by atoms with Crippen LogP contribution in [0.25, 0.3) is 0 Å². The van der Waals surface area contributed by atoms with Gasteiger partial charge in [0, 0.05) is 19.1 Å². The number of carbonyl (C=O) groups is 1. The van der Waals surface area contributed by atoms with Gasteiger partial charge in [0.1, 0.15) is 4.90 Å². The Balaban J connectivity index is 1.70. The summed E-state index contributed by atoms with van der Waals surface area (Å²) in [7, 11) is -3.65. The predicted molar refractivity (Wildman–Crippen MR) is 97.9 cm³/mol. The number of aromatic nitrogens is 2. The zero-order valence-corrected chi connectivity index (χ0v) is 16.3. The fourth-order valence-electron chi connectivity index (χ4n) is 4.23. The molecule has 3 unspecified atom stereocenters. The van der Waals surface area contributed by atoms with Crippen LogP contribution in [0.15, 0.2) is 4.90 Å². The number of nitrogens with two attached hydrogens (primary N) is 1. The lowest BCUT2D eigenvalue weighted by molar-refractivity contribution is -0.127. The first-order chi connectivity index (χ1) is 12.3. The number of rotatable bonds is 5. The van der Waals surface area contributed by atoms with Crippen LogP contribution in [0.3, 0.4) is 0 Å². The second-order valence-electron chi connectivity index (χ2n) is 7.51. The summed E-state index contributed by atoms with van der Waals surface area (Å²) < 4.78 is 27.5. The first-order valence-electron chi connectivity index (χ1n) is 9.36. The van der Waals surface area contributed by atoms with Crippen molar-refractivity contribution in [2.75, 3.05) is 19.6 Å². The van der Waals surface area contributed by atoms with Gasteiger partial charge in [0.2, 0.25) is 15.9 Å². The molecule has 0 bridgehead atoms. The third-order valence-corrected chi connectivity index (χ3v) is 7.83. The van der Waals surface area contributed by atoms with Crippen molar-refractivity contribution in [1.29, 1.82) is 0 Å². The Morgan fingerprint density at radius 1 is 1.31 bits per heavy atom. The second-order valence-corrected chi connectivity index (χ2v) is 9.38. The molecule has 1 aromatic rings. The highest BCUT2D eigenvalue weighted by atomic mass is 32.2. The van der Waals surface area contributed by atoms with Crippen molar-refractivity contribution in [2.24, 2.45) is 17.6 Å². The van der Waals surface area contributed by atoms with E-state index in [4.69, 9.17) is 5.73 Å². The molecule has 9 heteroatoms. The van der Waals surface area contributed by atoms with Crippen molar-refractivity contribution in [1.82, 2.24) is 19.8 Å². The smallest absolute Gasteiger partial charge is 0.246 e. The first kappa shape index (κ1) is 19.3. The highest BCUT2D eigenvalue weighted by Crippen LogP contribution is 2.28. The van der Waals surface area contributed by atoms with Crippen LogP contribution >= 0.6 is 0 Å². The number of H-pyrrole nitrogens is 1. The maximum absolute atomic E-state index is 13.0. The lowest BCUT2D eigenvalue weighted by Gasteiger charge is -2.32. The van der Waals surface area contributed by atoms with Gasteiger partial charge in [-0.2, -0.15) is 9.40 Å². The largest absolute Gasteiger partial charge is 0.353 e. The Labute approximate surface area is 154 Å². The van der Waals surface area contributed by atoms with Gasteiger partial charge in [0.15, 0.2) is 0 Å². The lowest BCUT2D eigenvalue weighted by atomic mass is 9.97. The number of amides is 1. The summed E-state index contributed by atoms with van der Waals surface area (Å²) in [4.78, 5) is 13.0. The number of sulfonamides is 1. The number of hydrogen-bond acceptors (Lipinski definition) is 5. The topological polar surface area (TPSA) is 121 Å². The van der Waals surface area contributed by atoms with Gasteiger partial charge < -0.3 is 11.1 Å². The molecule has 2 fully saturated rings. The Morgan fingerprint density at radius 3 is 2.73 bits per heavy atom. The van der Waals surface area contributed by atoms with Crippen molar-refractivity contribution in [3.63, 3.8) is 0 Å². The first-order valence-corrected chi connectivity index (χ1v) is 10.8. The Hall–Kier alpha value is -1.45. The molecule has 2 heterocycles. The average Bonchev–Trinajstić information content (AvgIpc) is 3.20. The minimum Gasteiger partial charge on any atom is -0.353 e. The Kier molecular flexibility index (Phi) is 5.69. The molecule has 1 aromatic heterocycles. The summed E-state index contributed by atoms with van der Waals surface area (Å²) in [6.07, 6.45) is 4.47. The van der Waals surface area contributed by atoms with E-state index in [0.29, 0.717) is 43.2 Å². The molecule has 0 spiro atoms. The number of nitrogens with zero attached hydrogens (tertiary/aromatic N) is 2. The number of aryl methyl sites for hydroxylation is 2. The molecule has 1 aliphatic carbocycles. The van der Waals surface area contributed by atoms with E-state index in [1.54, 1.807) is 13.8 Å². The third kappa shape index (κ3) is 3.65. The standard InChI is InChI=1S/C17H29N5O3S/c1-11-16(12(2)21-20-11)26(24,25)22-8-4-6-14(10-22)17(23)19-15-7-3-5-13(15)9-18/h13-15H,3-10,18H2,1-2H3,(H,19,23)(H,20,21). The van der Waals surface area contributed by atoms with Gasteiger partial charge in [0.05, 0.1) is 17.3 Å². The van der Waals surface area contributed by atoms with Gasteiger partial charge in [-0.1, -0.05) is 6.42 Å². The van der Waals surface area contributed by atoms with E-state index < -0.39 is 10.0 Å². The molecule has 4 N–H and O–H groups in total. The molecule has 1 amide bonds. The highest BCUT2D eigenvalue weighted by Gasteiger charge is 2.37. The fourth-order valence-corrected chi connectivity index (χ4v) is 6.09. The van der Waals surface area contributed by atoms with E-state index in [1.807, 2.05) is 0 Å². The number of piperidine rings is 1. The van der Waals surface area contributed by atoms with Crippen LogP contribution in [0.4, 0.5) is 0 Å². The molecule has 0 radical (unpaired) electrons. The van der Waals surface area contributed by atoms with E-state index >= 15 is 0 Å². The Bertz CT molecular complexity index is 741. The van der Waals surface area contributed by atoms with E-state index in [0.717, 1.165) is 19.3 Å². The number of nitrogens with one attached hydrogen (secondary N) is 2. The van der Waals surface area contributed by atoms with E-state index in [9.17, 15) is 13.2 Å². The zero-order valence-electron chi connectivity index (χ0n) is 15.5. The predicted octanol–water partition coefficient (Wildman–Crippen LogP) is 0.671. The van der Waals surface area contributed by atoms with Crippen molar-refractivity contribution < 1.29 is 13.2 Å². The monoisotopic (exact) mass is 383 g/mol. The van der Waals surface area contributed by atoms with Crippen LogP contribution < -0.4 is 11.1 Å². The number of carbonyl (C=O) groups excluding carboxylic acids is 1. The second kappa shape index (κ2) is 7.66. The van der Waals surface area contributed by atoms with Crippen LogP contribution in [0, 0.1) is 25.7 Å². The normalized spacial score (nSPS) is 27.6. The lowest BCUT2D eigenvalue weighted by Crippen LogP contribution is -2.48. The summed E-state index contributed by atoms with van der Waals surface area (Å²) in [6.45, 7) is 4.62. The minimum atomic E-state index is -3.65. The molecular weight excluding hydrogens is 354 g/mol. The van der Waals surface area contributed by atoms with Gasteiger partial charge in [0.25, 0.3) is 0 Å². The highest BCUT2D eigenvalue weighted by molar-refractivity contribution is 7.89. The van der Waals surface area contributed by atoms with Crippen molar-refractivity contribution in [3.8, 4) is 0 Å². The molecule has 3 rings (SSSR count). The molecule has 1 saturated heterocycles. The average molecular weight is 384 g/mol. The Morgan fingerprint density at radius 2 is 2.08 bits per heavy atom. The SMILES string of the molecule is Cc1n[nH]c(C)c1S(=O)(=O)N1CCCC(C(=O)NC2CCCC2CN)C1. The van der Waals surface area contributed by atoms with Gasteiger partial charge in [-0.25, -0.2) is 8.42 Å². The molecule has 1 aliphatic heterocycles. The van der Waals surface area contributed by atoms with Crippen LogP contribution in [0.2, 0.25) is 0 Å². The maximum Gasteiger partial charge on any atom is 0.246 e. The summed E-state index contributed by atoms with van der Waals surface area (Å²) in [6, 6.07) is 0.123. The van der Waals surface area contributed by atoms with Crippen molar-refractivity contribution in [2.45, 2.75) is 56.9 Å². The fraction of sp³-hybridized carbons (Fsp3) is 0.765. The summed E-state index contributed by atoms with van der Waals surface area (Å²) >= 11 is 0. The van der Waals surface area contributed by atoms with E-state index in [1.165, 1.54) is 4.31 Å². The van der Waals surface area contributed by atoms with E-state index in [-0.39, 0.29) is 29.3 Å². The van der Waals surface area contributed by atoms with Gasteiger partial charge in [-0.3, -0.25) is 9.89 Å². The van der Waals surface area contributed by atoms with Gasteiger partial charge in [-0.15, -0.1) is 0 Å². The van der Waals surface area contributed by atoms with Crippen LogP contribution in [-0.2, 0) is 14.8 Å².